The number of imidazole rings is 1. The van der Waals surface area contributed by atoms with E-state index in [-0.39, 0.29) is 5.69 Å². The van der Waals surface area contributed by atoms with Crippen molar-refractivity contribution in [3.05, 3.63) is 46.3 Å². The van der Waals surface area contributed by atoms with Crippen LogP contribution in [0.1, 0.15) is 10.5 Å². The third kappa shape index (κ3) is 1.92. The summed E-state index contributed by atoms with van der Waals surface area (Å²) in [5.74, 6) is -1.12. The van der Waals surface area contributed by atoms with Crippen LogP contribution in [0.25, 0.3) is 11.3 Å². The van der Waals surface area contributed by atoms with Gasteiger partial charge in [-0.25, -0.2) is 14.0 Å². The number of rotatable bonds is 2. The Balaban J connectivity index is 2.70. The van der Waals surface area contributed by atoms with Crippen LogP contribution in [0.3, 0.4) is 0 Å². The minimum atomic E-state index is -0.674. The first kappa shape index (κ1) is 12.1. The van der Waals surface area contributed by atoms with E-state index in [9.17, 15) is 14.0 Å². The summed E-state index contributed by atoms with van der Waals surface area (Å²) in [4.78, 5) is 25.5. The van der Waals surface area contributed by atoms with Crippen LogP contribution in [-0.2, 0) is 11.8 Å². The predicted molar refractivity (Wildman–Crippen MR) is 62.8 cm³/mol. The highest BCUT2D eigenvalue weighted by molar-refractivity contribution is 5.94. The van der Waals surface area contributed by atoms with E-state index in [2.05, 4.69) is 9.72 Å². The molecule has 0 radical (unpaired) electrons. The molecular weight excluding hydrogens is 239 g/mol. The SMILES string of the molecule is COC(=O)c1[nH]c(=O)n(C)c1-c1cccc(F)c1. The minimum absolute atomic E-state index is 0.00981. The first-order valence-corrected chi connectivity index (χ1v) is 5.18. The average Bonchev–Trinajstić information content (AvgIpc) is 2.65. The van der Waals surface area contributed by atoms with Crippen molar-refractivity contribution in [2.75, 3.05) is 7.11 Å². The fourth-order valence-corrected chi connectivity index (χ4v) is 1.74. The van der Waals surface area contributed by atoms with Crippen LogP contribution >= 0.6 is 0 Å². The summed E-state index contributed by atoms with van der Waals surface area (Å²) in [5.41, 5.74) is 0.271. The number of esters is 1. The number of H-pyrrole nitrogens is 1. The Morgan fingerprint density at radius 1 is 1.44 bits per heavy atom. The number of carbonyl (C=O) groups is 1. The lowest BCUT2D eigenvalue weighted by atomic mass is 10.1. The van der Waals surface area contributed by atoms with Gasteiger partial charge in [0, 0.05) is 12.6 Å². The van der Waals surface area contributed by atoms with E-state index in [1.807, 2.05) is 0 Å². The molecule has 0 saturated heterocycles. The van der Waals surface area contributed by atoms with Crippen molar-refractivity contribution in [3.8, 4) is 11.3 Å². The lowest BCUT2D eigenvalue weighted by Gasteiger charge is -2.05. The van der Waals surface area contributed by atoms with Gasteiger partial charge in [-0.1, -0.05) is 12.1 Å². The summed E-state index contributed by atoms with van der Waals surface area (Å²) < 4.78 is 19.0. The van der Waals surface area contributed by atoms with Gasteiger partial charge < -0.3 is 4.74 Å². The number of methoxy groups -OCH3 is 1. The van der Waals surface area contributed by atoms with Gasteiger partial charge in [0.25, 0.3) is 0 Å². The molecule has 0 aliphatic rings. The fourth-order valence-electron chi connectivity index (χ4n) is 1.74. The molecule has 2 rings (SSSR count). The Morgan fingerprint density at radius 3 is 2.78 bits per heavy atom. The molecule has 2 aromatic rings. The summed E-state index contributed by atoms with van der Waals surface area (Å²) in [6, 6.07) is 5.64. The maximum Gasteiger partial charge on any atom is 0.356 e. The zero-order chi connectivity index (χ0) is 13.3. The molecule has 0 saturated carbocycles. The van der Waals surface area contributed by atoms with Crippen LogP contribution in [0.15, 0.2) is 29.1 Å². The third-order valence-electron chi connectivity index (χ3n) is 2.60. The van der Waals surface area contributed by atoms with Crippen molar-refractivity contribution >= 4 is 5.97 Å². The zero-order valence-corrected chi connectivity index (χ0v) is 9.86. The lowest BCUT2D eigenvalue weighted by molar-refractivity contribution is 0.0595. The molecule has 0 aliphatic heterocycles. The van der Waals surface area contributed by atoms with Gasteiger partial charge in [-0.05, 0) is 12.1 Å². The van der Waals surface area contributed by atoms with E-state index in [1.54, 1.807) is 6.07 Å². The van der Waals surface area contributed by atoms with Crippen LogP contribution in [-0.4, -0.2) is 22.6 Å². The molecule has 18 heavy (non-hydrogen) atoms. The number of nitrogens with zero attached hydrogens (tertiary/aromatic N) is 1. The molecule has 1 heterocycles. The molecule has 1 aromatic heterocycles. The summed E-state index contributed by atoms with van der Waals surface area (Å²) in [6.45, 7) is 0. The molecule has 94 valence electrons. The molecule has 5 nitrogen and oxygen atoms in total. The van der Waals surface area contributed by atoms with Crippen molar-refractivity contribution in [2.45, 2.75) is 0 Å². The average molecular weight is 250 g/mol. The second-order valence-corrected chi connectivity index (χ2v) is 3.71. The second kappa shape index (κ2) is 4.48. The van der Waals surface area contributed by atoms with Gasteiger partial charge in [0.15, 0.2) is 5.69 Å². The normalized spacial score (nSPS) is 10.4. The van der Waals surface area contributed by atoms with Crippen LogP contribution in [0.4, 0.5) is 4.39 Å². The summed E-state index contributed by atoms with van der Waals surface area (Å²) in [7, 11) is 2.70. The fraction of sp³-hybridized carbons (Fsp3) is 0.167. The van der Waals surface area contributed by atoms with Crippen LogP contribution in [0, 0.1) is 5.82 Å². The largest absolute Gasteiger partial charge is 0.464 e. The number of carbonyl (C=O) groups excluding carboxylic acids is 1. The van der Waals surface area contributed by atoms with Crippen molar-refractivity contribution in [3.63, 3.8) is 0 Å². The monoisotopic (exact) mass is 250 g/mol. The van der Waals surface area contributed by atoms with Crippen molar-refractivity contribution in [2.24, 2.45) is 7.05 Å². The molecule has 0 aliphatic carbocycles. The molecule has 1 N–H and O–H groups in total. The Morgan fingerprint density at radius 2 is 2.17 bits per heavy atom. The quantitative estimate of drug-likeness (QED) is 0.817. The predicted octanol–water partition coefficient (Wildman–Crippen LogP) is 1.31. The number of benzene rings is 1. The maximum absolute atomic E-state index is 13.2. The summed E-state index contributed by atoms with van der Waals surface area (Å²) >= 11 is 0. The molecule has 6 heteroatoms. The maximum atomic E-state index is 13.2. The molecule has 0 bridgehead atoms. The van der Waals surface area contributed by atoms with Crippen molar-refractivity contribution in [1.82, 2.24) is 9.55 Å². The molecule has 0 fully saturated rings. The molecule has 1 aromatic carbocycles. The van der Waals surface area contributed by atoms with Crippen LogP contribution in [0.2, 0.25) is 0 Å². The first-order valence-electron chi connectivity index (χ1n) is 5.18. The van der Waals surface area contributed by atoms with Gasteiger partial charge in [0.1, 0.15) is 5.82 Å². The van der Waals surface area contributed by atoms with E-state index in [0.717, 1.165) is 0 Å². The molecule has 0 unspecified atom stereocenters. The number of hydrogen-bond acceptors (Lipinski definition) is 3. The number of aromatic amines is 1. The van der Waals surface area contributed by atoms with Gasteiger partial charge in [-0.3, -0.25) is 9.55 Å². The van der Waals surface area contributed by atoms with Crippen molar-refractivity contribution in [1.29, 1.82) is 0 Å². The topological polar surface area (TPSA) is 64.1 Å². The Bertz CT molecular complexity index is 658. The summed E-state index contributed by atoms with van der Waals surface area (Å²) in [5, 5.41) is 0. The third-order valence-corrected chi connectivity index (χ3v) is 2.60. The number of ether oxygens (including phenoxy) is 1. The van der Waals surface area contributed by atoms with E-state index in [1.165, 1.54) is 36.9 Å². The highest BCUT2D eigenvalue weighted by Gasteiger charge is 2.20. The highest BCUT2D eigenvalue weighted by atomic mass is 19.1. The molecule has 0 spiro atoms. The van der Waals surface area contributed by atoms with Crippen molar-refractivity contribution < 1.29 is 13.9 Å². The zero-order valence-electron chi connectivity index (χ0n) is 9.86. The van der Waals surface area contributed by atoms with E-state index in [4.69, 9.17) is 0 Å². The molecule has 0 atom stereocenters. The number of aromatic nitrogens is 2. The molecular formula is C12H11FN2O3. The Labute approximate surface area is 102 Å². The lowest BCUT2D eigenvalue weighted by Crippen LogP contribution is -2.13. The van der Waals surface area contributed by atoms with E-state index < -0.39 is 17.5 Å². The van der Waals surface area contributed by atoms with E-state index >= 15 is 0 Å². The van der Waals surface area contributed by atoms with Gasteiger partial charge in [-0.15, -0.1) is 0 Å². The second-order valence-electron chi connectivity index (χ2n) is 3.71. The Hall–Kier alpha value is -2.37. The van der Waals surface area contributed by atoms with Crippen LogP contribution in [0.5, 0.6) is 0 Å². The molecule has 0 amide bonds. The number of hydrogen-bond donors (Lipinski definition) is 1. The van der Waals surface area contributed by atoms with Gasteiger partial charge in [0.05, 0.1) is 12.8 Å². The first-order chi connectivity index (χ1) is 8.54. The number of halogens is 1. The Kier molecular flexibility index (Phi) is 3.01. The van der Waals surface area contributed by atoms with E-state index in [0.29, 0.717) is 11.3 Å². The van der Waals surface area contributed by atoms with Gasteiger partial charge in [-0.2, -0.15) is 0 Å². The van der Waals surface area contributed by atoms with Gasteiger partial charge >= 0.3 is 11.7 Å². The minimum Gasteiger partial charge on any atom is -0.464 e. The number of nitrogens with one attached hydrogen (secondary N) is 1. The standard InChI is InChI=1S/C12H11FN2O3/c1-15-10(7-4-3-5-8(13)6-7)9(11(16)18-2)14-12(15)17/h3-6H,1-2H3,(H,14,17). The van der Waals surface area contributed by atoms with Crippen LogP contribution < -0.4 is 5.69 Å². The summed E-state index contributed by atoms with van der Waals surface area (Å²) in [6.07, 6.45) is 0. The van der Waals surface area contributed by atoms with Gasteiger partial charge in [0.2, 0.25) is 0 Å². The highest BCUT2D eigenvalue weighted by Crippen LogP contribution is 2.22. The smallest absolute Gasteiger partial charge is 0.356 e.